The second kappa shape index (κ2) is 8.85. The van der Waals surface area contributed by atoms with Crippen molar-refractivity contribution in [1.29, 1.82) is 0 Å². The lowest BCUT2D eigenvalue weighted by molar-refractivity contribution is -0.134. The van der Waals surface area contributed by atoms with Gasteiger partial charge < -0.3 is 10.2 Å². The van der Waals surface area contributed by atoms with Crippen LogP contribution < -0.4 is 5.32 Å². The fourth-order valence-corrected chi connectivity index (χ4v) is 4.56. The summed E-state index contributed by atoms with van der Waals surface area (Å²) in [4.78, 5) is 31.8. The molecule has 2 atom stereocenters. The van der Waals surface area contributed by atoms with Gasteiger partial charge in [-0.05, 0) is 38.3 Å². The fourth-order valence-electron chi connectivity index (χ4n) is 3.31. The summed E-state index contributed by atoms with van der Waals surface area (Å²) in [6.45, 7) is 5.19. The van der Waals surface area contributed by atoms with Crippen LogP contribution in [0.15, 0.2) is 29.6 Å². The molecule has 0 spiro atoms. The molecule has 1 aliphatic rings. The lowest BCUT2D eigenvalue weighted by Gasteiger charge is -2.33. The van der Waals surface area contributed by atoms with Crippen molar-refractivity contribution in [3.8, 4) is 0 Å². The van der Waals surface area contributed by atoms with E-state index in [1.807, 2.05) is 4.90 Å². The van der Waals surface area contributed by atoms with Gasteiger partial charge >= 0.3 is 0 Å². The Hall–Kier alpha value is -1.92. The zero-order valence-electron chi connectivity index (χ0n) is 15.6. The Morgan fingerprint density at radius 2 is 2.19 bits per heavy atom. The molecule has 2 aromatic rings. The first-order valence-corrected chi connectivity index (χ1v) is 10.5. The first kappa shape index (κ1) is 19.8. The highest BCUT2D eigenvalue weighted by atomic mass is 35.5. The van der Waals surface area contributed by atoms with Crippen molar-refractivity contribution in [2.24, 2.45) is 0 Å². The van der Waals surface area contributed by atoms with Crippen LogP contribution in [0.1, 0.15) is 53.7 Å². The molecule has 2 heterocycles. The molecule has 2 amide bonds. The molecule has 1 saturated heterocycles. The summed E-state index contributed by atoms with van der Waals surface area (Å²) in [7, 11) is 0. The summed E-state index contributed by atoms with van der Waals surface area (Å²) in [5, 5.41) is 6.36. The third kappa shape index (κ3) is 4.68. The fraction of sp³-hybridized carbons (Fsp3) is 0.450. The quantitative estimate of drug-likeness (QED) is 0.820. The highest BCUT2D eigenvalue weighted by Gasteiger charge is 2.29. The van der Waals surface area contributed by atoms with Crippen molar-refractivity contribution in [2.45, 2.75) is 45.1 Å². The Morgan fingerprint density at radius 1 is 1.41 bits per heavy atom. The minimum absolute atomic E-state index is 0.0626. The molecular weight excluding hydrogens is 382 g/mol. The number of likely N-dealkylation sites (tertiary alicyclic amines) is 1. The average molecular weight is 406 g/mol. The number of aromatic nitrogens is 1. The molecule has 0 saturated carbocycles. The highest BCUT2D eigenvalue weighted by Crippen LogP contribution is 2.29. The van der Waals surface area contributed by atoms with Gasteiger partial charge in [-0.2, -0.15) is 0 Å². The number of hydrogen-bond acceptors (Lipinski definition) is 4. The number of piperidine rings is 1. The predicted molar refractivity (Wildman–Crippen MR) is 108 cm³/mol. The van der Waals surface area contributed by atoms with Gasteiger partial charge in [0.1, 0.15) is 6.04 Å². The van der Waals surface area contributed by atoms with E-state index in [0.717, 1.165) is 30.0 Å². The number of carbonyl (C=O) groups is 2. The number of hydrogen-bond donors (Lipinski definition) is 1. The van der Waals surface area contributed by atoms with Gasteiger partial charge in [-0.1, -0.05) is 30.7 Å². The molecule has 5 nitrogen and oxygen atoms in total. The van der Waals surface area contributed by atoms with Gasteiger partial charge in [0.05, 0.1) is 21.3 Å². The molecule has 1 aliphatic heterocycles. The minimum atomic E-state index is -0.602. The van der Waals surface area contributed by atoms with Gasteiger partial charge in [0, 0.05) is 24.4 Å². The van der Waals surface area contributed by atoms with E-state index in [1.54, 1.807) is 42.5 Å². The first-order chi connectivity index (χ1) is 13.0. The predicted octanol–water partition coefficient (Wildman–Crippen LogP) is 3.88. The van der Waals surface area contributed by atoms with Crippen molar-refractivity contribution in [3.05, 3.63) is 50.9 Å². The van der Waals surface area contributed by atoms with Crippen LogP contribution in [0, 0.1) is 0 Å². The Balaban J connectivity index is 1.62. The van der Waals surface area contributed by atoms with Crippen LogP contribution in [0.4, 0.5) is 0 Å². The average Bonchev–Trinajstić information content (AvgIpc) is 3.17. The molecule has 0 aliphatic carbocycles. The molecule has 1 N–H and O–H groups in total. The maximum absolute atomic E-state index is 12.8. The van der Waals surface area contributed by atoms with Crippen LogP contribution >= 0.6 is 22.9 Å². The number of thiazole rings is 1. The van der Waals surface area contributed by atoms with E-state index in [2.05, 4.69) is 22.6 Å². The molecule has 0 bridgehead atoms. The minimum Gasteiger partial charge on any atom is -0.340 e. The zero-order valence-corrected chi connectivity index (χ0v) is 17.1. The first-order valence-electron chi connectivity index (χ1n) is 9.28. The van der Waals surface area contributed by atoms with Crippen LogP contribution in [0.3, 0.4) is 0 Å². The van der Waals surface area contributed by atoms with E-state index < -0.39 is 6.04 Å². The maximum Gasteiger partial charge on any atom is 0.253 e. The number of aryl methyl sites for hydroxylation is 1. The Bertz CT molecular complexity index is 823. The van der Waals surface area contributed by atoms with E-state index in [0.29, 0.717) is 23.7 Å². The SMILES string of the molecule is CCc1csc(C2CCCN(C(=O)C(C)NC(=O)c3ccccc3Cl)C2)n1. The Kier molecular flexibility index (Phi) is 6.50. The number of rotatable bonds is 5. The van der Waals surface area contributed by atoms with Gasteiger partial charge in [-0.3, -0.25) is 9.59 Å². The Morgan fingerprint density at radius 3 is 2.89 bits per heavy atom. The highest BCUT2D eigenvalue weighted by molar-refractivity contribution is 7.09. The standard InChI is InChI=1S/C20H24ClN3O2S/c1-3-15-12-27-19(23-15)14-7-6-10-24(11-14)20(26)13(2)22-18(25)16-8-4-5-9-17(16)21/h4-5,8-9,12-14H,3,6-7,10-11H2,1-2H3,(H,22,25). The normalized spacial score (nSPS) is 18.2. The number of nitrogens with one attached hydrogen (secondary N) is 1. The van der Waals surface area contributed by atoms with Gasteiger partial charge in [0.25, 0.3) is 5.91 Å². The van der Waals surface area contributed by atoms with E-state index in [4.69, 9.17) is 11.6 Å². The van der Waals surface area contributed by atoms with Crippen molar-refractivity contribution in [3.63, 3.8) is 0 Å². The summed E-state index contributed by atoms with van der Waals surface area (Å²) in [6, 6.07) is 6.23. The smallest absolute Gasteiger partial charge is 0.253 e. The van der Waals surface area contributed by atoms with E-state index in [9.17, 15) is 9.59 Å². The number of halogens is 1. The van der Waals surface area contributed by atoms with Crippen LogP contribution in [-0.4, -0.2) is 40.8 Å². The lowest BCUT2D eigenvalue weighted by Crippen LogP contribution is -2.49. The summed E-state index contributed by atoms with van der Waals surface area (Å²) in [5.74, 6) is -0.116. The van der Waals surface area contributed by atoms with Crippen LogP contribution in [-0.2, 0) is 11.2 Å². The molecule has 1 fully saturated rings. The van der Waals surface area contributed by atoms with Gasteiger partial charge in [0.2, 0.25) is 5.91 Å². The van der Waals surface area contributed by atoms with E-state index in [1.165, 1.54) is 0 Å². The largest absolute Gasteiger partial charge is 0.340 e. The third-order valence-electron chi connectivity index (χ3n) is 4.85. The number of benzene rings is 1. The molecule has 27 heavy (non-hydrogen) atoms. The van der Waals surface area contributed by atoms with Gasteiger partial charge in [-0.15, -0.1) is 11.3 Å². The van der Waals surface area contributed by atoms with Crippen molar-refractivity contribution in [1.82, 2.24) is 15.2 Å². The number of nitrogens with zero attached hydrogens (tertiary/aromatic N) is 2. The molecular formula is C20H24ClN3O2S. The second-order valence-electron chi connectivity index (χ2n) is 6.83. The van der Waals surface area contributed by atoms with E-state index in [-0.39, 0.29) is 17.7 Å². The summed E-state index contributed by atoms with van der Waals surface area (Å²) >= 11 is 7.75. The van der Waals surface area contributed by atoms with Crippen molar-refractivity contribution < 1.29 is 9.59 Å². The maximum atomic E-state index is 12.8. The van der Waals surface area contributed by atoms with Crippen LogP contribution in [0.5, 0.6) is 0 Å². The Labute approximate surface area is 168 Å². The van der Waals surface area contributed by atoms with Crippen molar-refractivity contribution in [2.75, 3.05) is 13.1 Å². The molecule has 144 valence electrons. The summed E-state index contributed by atoms with van der Waals surface area (Å²) in [5.41, 5.74) is 1.49. The molecule has 3 rings (SSSR count). The van der Waals surface area contributed by atoms with E-state index >= 15 is 0 Å². The van der Waals surface area contributed by atoms with Crippen LogP contribution in [0.25, 0.3) is 0 Å². The number of amides is 2. The zero-order chi connectivity index (χ0) is 19.4. The number of carbonyl (C=O) groups excluding carboxylic acids is 2. The third-order valence-corrected chi connectivity index (χ3v) is 6.24. The van der Waals surface area contributed by atoms with Gasteiger partial charge in [0.15, 0.2) is 0 Å². The second-order valence-corrected chi connectivity index (χ2v) is 8.13. The molecule has 1 aromatic heterocycles. The lowest BCUT2D eigenvalue weighted by atomic mass is 9.98. The molecule has 0 radical (unpaired) electrons. The van der Waals surface area contributed by atoms with Crippen LogP contribution in [0.2, 0.25) is 5.02 Å². The molecule has 2 unspecified atom stereocenters. The van der Waals surface area contributed by atoms with Crippen molar-refractivity contribution >= 4 is 34.8 Å². The summed E-state index contributed by atoms with van der Waals surface area (Å²) < 4.78 is 0. The topological polar surface area (TPSA) is 62.3 Å². The molecule has 7 heteroatoms. The van der Waals surface area contributed by atoms with Gasteiger partial charge in [-0.25, -0.2) is 4.98 Å². The molecule has 1 aromatic carbocycles. The summed E-state index contributed by atoms with van der Waals surface area (Å²) in [6.07, 6.45) is 2.92. The monoisotopic (exact) mass is 405 g/mol.